The summed E-state index contributed by atoms with van der Waals surface area (Å²) in [6.45, 7) is 4.88. The van der Waals surface area contributed by atoms with Crippen LogP contribution in [0.15, 0.2) is 24.3 Å². The van der Waals surface area contributed by atoms with Crippen molar-refractivity contribution < 1.29 is 9.47 Å². The predicted molar refractivity (Wildman–Crippen MR) is 77.5 cm³/mol. The first-order valence-electron chi connectivity index (χ1n) is 7.30. The molecule has 2 rings (SSSR count). The molecule has 0 aliphatic carbocycles. The standard InChI is InChI=1S/C16H25NO2/c1-3-14(17)9-13-5-4-6-15(10-13)18-11-16-8-7-12(2)19-16/h4-6,10,12,14,16H,3,7-9,11,17H2,1-2H3. The van der Waals surface area contributed by atoms with Gasteiger partial charge < -0.3 is 15.2 Å². The number of ether oxygens (including phenoxy) is 2. The van der Waals surface area contributed by atoms with Gasteiger partial charge in [0.2, 0.25) is 0 Å². The third-order valence-electron chi connectivity index (χ3n) is 3.68. The van der Waals surface area contributed by atoms with Crippen LogP contribution in [0.3, 0.4) is 0 Å². The molecule has 1 saturated heterocycles. The highest BCUT2D eigenvalue weighted by Gasteiger charge is 2.22. The third kappa shape index (κ3) is 4.51. The highest BCUT2D eigenvalue weighted by Crippen LogP contribution is 2.21. The average Bonchev–Trinajstić information content (AvgIpc) is 2.82. The lowest BCUT2D eigenvalue weighted by Gasteiger charge is -2.14. The van der Waals surface area contributed by atoms with Crippen LogP contribution in [0.4, 0.5) is 0 Å². The molecule has 106 valence electrons. The molecule has 1 fully saturated rings. The van der Waals surface area contributed by atoms with Gasteiger partial charge in [0.25, 0.3) is 0 Å². The molecule has 1 aromatic rings. The van der Waals surface area contributed by atoms with E-state index in [0.29, 0.717) is 12.7 Å². The van der Waals surface area contributed by atoms with Crippen LogP contribution < -0.4 is 10.5 Å². The number of rotatable bonds is 6. The Balaban J connectivity index is 1.84. The lowest BCUT2D eigenvalue weighted by molar-refractivity contribution is 0.0264. The highest BCUT2D eigenvalue weighted by atomic mass is 16.5. The Kier molecular flexibility index (Phi) is 5.23. The fourth-order valence-electron chi connectivity index (χ4n) is 2.41. The van der Waals surface area contributed by atoms with Gasteiger partial charge in [-0.15, -0.1) is 0 Å². The van der Waals surface area contributed by atoms with Crippen molar-refractivity contribution in [2.45, 2.75) is 57.8 Å². The molecule has 3 atom stereocenters. The minimum absolute atomic E-state index is 0.231. The summed E-state index contributed by atoms with van der Waals surface area (Å²) in [5.74, 6) is 0.920. The topological polar surface area (TPSA) is 44.5 Å². The zero-order chi connectivity index (χ0) is 13.7. The lowest BCUT2D eigenvalue weighted by Crippen LogP contribution is -2.21. The summed E-state index contributed by atoms with van der Waals surface area (Å²) in [6, 6.07) is 8.46. The Labute approximate surface area is 116 Å². The van der Waals surface area contributed by atoms with Gasteiger partial charge in [0.1, 0.15) is 12.4 Å². The first-order chi connectivity index (χ1) is 9.17. The van der Waals surface area contributed by atoms with Crippen LogP contribution in [0.2, 0.25) is 0 Å². The molecule has 1 heterocycles. The van der Waals surface area contributed by atoms with Gasteiger partial charge in [0.05, 0.1) is 12.2 Å². The van der Waals surface area contributed by atoms with Gasteiger partial charge in [-0.2, -0.15) is 0 Å². The van der Waals surface area contributed by atoms with Crippen molar-refractivity contribution >= 4 is 0 Å². The minimum atomic E-state index is 0.231. The first-order valence-corrected chi connectivity index (χ1v) is 7.30. The van der Waals surface area contributed by atoms with Crippen molar-refractivity contribution in [3.05, 3.63) is 29.8 Å². The van der Waals surface area contributed by atoms with Crippen molar-refractivity contribution in [2.75, 3.05) is 6.61 Å². The minimum Gasteiger partial charge on any atom is -0.491 e. The van der Waals surface area contributed by atoms with Crippen molar-refractivity contribution in [1.82, 2.24) is 0 Å². The van der Waals surface area contributed by atoms with E-state index < -0.39 is 0 Å². The Morgan fingerprint density at radius 2 is 2.26 bits per heavy atom. The number of hydrogen-bond acceptors (Lipinski definition) is 3. The summed E-state index contributed by atoms with van der Waals surface area (Å²) in [4.78, 5) is 0. The van der Waals surface area contributed by atoms with Gasteiger partial charge in [-0.05, 0) is 50.3 Å². The maximum atomic E-state index is 5.98. The van der Waals surface area contributed by atoms with Crippen LogP contribution in [0.25, 0.3) is 0 Å². The zero-order valence-corrected chi connectivity index (χ0v) is 12.0. The molecule has 0 aromatic heterocycles. The Hall–Kier alpha value is -1.06. The van der Waals surface area contributed by atoms with E-state index >= 15 is 0 Å². The molecule has 3 nitrogen and oxygen atoms in total. The normalized spacial score (nSPS) is 24.4. The number of hydrogen-bond donors (Lipinski definition) is 1. The summed E-state index contributed by atoms with van der Waals surface area (Å²) in [7, 11) is 0. The average molecular weight is 263 g/mol. The fraction of sp³-hybridized carbons (Fsp3) is 0.625. The largest absolute Gasteiger partial charge is 0.491 e. The summed E-state index contributed by atoms with van der Waals surface area (Å²) in [6.07, 6.45) is 4.77. The van der Waals surface area contributed by atoms with E-state index in [1.165, 1.54) is 5.56 Å². The van der Waals surface area contributed by atoms with Gasteiger partial charge in [0, 0.05) is 6.04 Å². The van der Waals surface area contributed by atoms with Crippen LogP contribution in [-0.2, 0) is 11.2 Å². The summed E-state index contributed by atoms with van der Waals surface area (Å²) < 4.78 is 11.6. The maximum Gasteiger partial charge on any atom is 0.119 e. The van der Waals surface area contributed by atoms with Crippen LogP contribution in [0.5, 0.6) is 5.75 Å². The molecule has 2 N–H and O–H groups in total. The molecular weight excluding hydrogens is 238 g/mol. The molecule has 3 unspecified atom stereocenters. The van der Waals surface area contributed by atoms with Crippen LogP contribution in [0, 0.1) is 0 Å². The van der Waals surface area contributed by atoms with Crippen LogP contribution in [0.1, 0.15) is 38.7 Å². The lowest BCUT2D eigenvalue weighted by atomic mass is 10.0. The van der Waals surface area contributed by atoms with E-state index in [2.05, 4.69) is 26.0 Å². The second-order valence-corrected chi connectivity index (χ2v) is 5.48. The van der Waals surface area contributed by atoms with E-state index in [9.17, 15) is 0 Å². The number of nitrogens with two attached hydrogens (primary N) is 1. The molecule has 3 heteroatoms. The second-order valence-electron chi connectivity index (χ2n) is 5.48. The van der Waals surface area contributed by atoms with Crippen molar-refractivity contribution in [3.63, 3.8) is 0 Å². The molecule has 0 bridgehead atoms. The van der Waals surface area contributed by atoms with Gasteiger partial charge in [0.15, 0.2) is 0 Å². The van der Waals surface area contributed by atoms with Gasteiger partial charge in [-0.25, -0.2) is 0 Å². The predicted octanol–water partition coefficient (Wildman–Crippen LogP) is 2.91. The Morgan fingerprint density at radius 1 is 1.42 bits per heavy atom. The van der Waals surface area contributed by atoms with E-state index in [0.717, 1.165) is 31.4 Å². The molecule has 1 aromatic carbocycles. The van der Waals surface area contributed by atoms with Gasteiger partial charge in [-0.3, -0.25) is 0 Å². The summed E-state index contributed by atoms with van der Waals surface area (Å²) in [5, 5.41) is 0. The summed E-state index contributed by atoms with van der Waals surface area (Å²) >= 11 is 0. The maximum absolute atomic E-state index is 5.98. The van der Waals surface area contributed by atoms with Crippen molar-refractivity contribution in [1.29, 1.82) is 0 Å². The first kappa shape index (κ1) is 14.4. The van der Waals surface area contributed by atoms with Gasteiger partial charge in [-0.1, -0.05) is 19.1 Å². The highest BCUT2D eigenvalue weighted by molar-refractivity contribution is 5.29. The molecule has 0 radical (unpaired) electrons. The molecule has 0 spiro atoms. The van der Waals surface area contributed by atoms with E-state index in [-0.39, 0.29) is 12.1 Å². The molecular formula is C16H25NO2. The molecule has 1 aliphatic rings. The van der Waals surface area contributed by atoms with E-state index in [1.54, 1.807) is 0 Å². The van der Waals surface area contributed by atoms with Gasteiger partial charge >= 0.3 is 0 Å². The SMILES string of the molecule is CCC(N)Cc1cccc(OCC2CCC(C)O2)c1. The van der Waals surface area contributed by atoms with Crippen LogP contribution in [-0.4, -0.2) is 24.9 Å². The smallest absolute Gasteiger partial charge is 0.119 e. The summed E-state index contributed by atoms with van der Waals surface area (Å²) in [5.41, 5.74) is 7.23. The fourth-order valence-corrected chi connectivity index (χ4v) is 2.41. The Bertz CT molecular complexity index is 394. The quantitative estimate of drug-likeness (QED) is 0.858. The Morgan fingerprint density at radius 3 is 2.95 bits per heavy atom. The third-order valence-corrected chi connectivity index (χ3v) is 3.68. The molecule has 0 amide bonds. The molecule has 0 saturated carbocycles. The van der Waals surface area contributed by atoms with E-state index in [4.69, 9.17) is 15.2 Å². The van der Waals surface area contributed by atoms with Crippen LogP contribution >= 0.6 is 0 Å². The second kappa shape index (κ2) is 6.92. The molecule has 19 heavy (non-hydrogen) atoms. The molecule has 1 aliphatic heterocycles. The zero-order valence-electron chi connectivity index (χ0n) is 12.0. The monoisotopic (exact) mass is 263 g/mol. The number of benzene rings is 1. The van der Waals surface area contributed by atoms with E-state index in [1.807, 2.05) is 12.1 Å². The van der Waals surface area contributed by atoms with Crippen molar-refractivity contribution in [2.24, 2.45) is 5.73 Å². The van der Waals surface area contributed by atoms with Crippen molar-refractivity contribution in [3.8, 4) is 5.75 Å².